The topological polar surface area (TPSA) is 71.9 Å². The van der Waals surface area contributed by atoms with Crippen LogP contribution in [0.3, 0.4) is 0 Å². The zero-order valence-electron chi connectivity index (χ0n) is 19.5. The van der Waals surface area contributed by atoms with Crippen molar-refractivity contribution in [2.75, 3.05) is 13.7 Å². The molecule has 2 bridgehead atoms. The van der Waals surface area contributed by atoms with Crippen LogP contribution in [0.15, 0.2) is 60.8 Å². The Bertz CT molecular complexity index is 1240. The smallest absolute Gasteiger partial charge is 0.410 e. The zero-order chi connectivity index (χ0) is 24.2. The molecule has 0 saturated carbocycles. The van der Waals surface area contributed by atoms with Gasteiger partial charge in [-0.25, -0.2) is 14.2 Å². The summed E-state index contributed by atoms with van der Waals surface area (Å²) < 4.78 is 25.2. The van der Waals surface area contributed by atoms with Gasteiger partial charge >= 0.3 is 6.09 Å². The van der Waals surface area contributed by atoms with E-state index < -0.39 is 11.4 Å². The molecule has 2 aliphatic heterocycles. The van der Waals surface area contributed by atoms with Crippen molar-refractivity contribution >= 4 is 6.09 Å². The van der Waals surface area contributed by atoms with Crippen LogP contribution in [0.4, 0.5) is 9.18 Å². The predicted molar refractivity (Wildman–Crippen MR) is 128 cm³/mol. The van der Waals surface area contributed by atoms with Crippen LogP contribution >= 0.6 is 0 Å². The Morgan fingerprint density at radius 1 is 1.09 bits per heavy atom. The molecule has 3 heterocycles. The molecule has 2 aromatic carbocycles. The Labute approximate surface area is 203 Å². The lowest BCUT2D eigenvalue weighted by Gasteiger charge is -2.43. The van der Waals surface area contributed by atoms with Crippen molar-refractivity contribution < 1.29 is 23.8 Å². The van der Waals surface area contributed by atoms with Gasteiger partial charge in [0.05, 0.1) is 18.9 Å². The molecule has 2 atom stereocenters. The summed E-state index contributed by atoms with van der Waals surface area (Å²) in [6.07, 6.45) is 2.83. The molecule has 1 N–H and O–H groups in total. The Kier molecular flexibility index (Phi) is 5.25. The van der Waals surface area contributed by atoms with Crippen molar-refractivity contribution in [1.29, 1.82) is 0 Å². The first-order valence-electron chi connectivity index (χ1n) is 12.0. The molecule has 1 aliphatic carbocycles. The molecule has 1 aromatic heterocycles. The average molecular weight is 475 g/mol. The fourth-order valence-corrected chi connectivity index (χ4v) is 6.33. The second kappa shape index (κ2) is 8.34. The van der Waals surface area contributed by atoms with Gasteiger partial charge in [-0.05, 0) is 41.2 Å². The molecule has 1 amide bonds. The molecular weight excluding hydrogens is 447 g/mol. The van der Waals surface area contributed by atoms with Crippen LogP contribution in [0.25, 0.3) is 11.1 Å². The van der Waals surface area contributed by atoms with Gasteiger partial charge in [-0.15, -0.1) is 0 Å². The Hall–Kier alpha value is -3.45. The lowest BCUT2D eigenvalue weighted by Crippen LogP contribution is -2.52. The van der Waals surface area contributed by atoms with E-state index in [0.29, 0.717) is 5.56 Å². The van der Waals surface area contributed by atoms with Crippen molar-refractivity contribution in [2.24, 2.45) is 0 Å². The number of hydrogen-bond acceptors (Lipinski definition) is 5. The average Bonchev–Trinajstić information content (AvgIpc) is 3.34. The minimum atomic E-state index is -1.31. The van der Waals surface area contributed by atoms with Crippen LogP contribution in [0.1, 0.15) is 48.3 Å². The summed E-state index contributed by atoms with van der Waals surface area (Å²) in [4.78, 5) is 19.1. The Morgan fingerprint density at radius 2 is 1.69 bits per heavy atom. The van der Waals surface area contributed by atoms with E-state index >= 15 is 0 Å². The molecule has 0 radical (unpaired) electrons. The van der Waals surface area contributed by atoms with Crippen molar-refractivity contribution in [3.63, 3.8) is 0 Å². The molecule has 2 fully saturated rings. The van der Waals surface area contributed by atoms with Gasteiger partial charge in [-0.3, -0.25) is 0 Å². The van der Waals surface area contributed by atoms with E-state index in [-0.39, 0.29) is 49.4 Å². The number of amides is 1. The number of hydrogen-bond donors (Lipinski definition) is 1. The van der Waals surface area contributed by atoms with E-state index in [4.69, 9.17) is 9.47 Å². The van der Waals surface area contributed by atoms with Crippen LogP contribution in [-0.2, 0) is 10.3 Å². The van der Waals surface area contributed by atoms with Crippen LogP contribution in [0, 0.1) is 5.82 Å². The van der Waals surface area contributed by atoms with E-state index in [2.05, 4.69) is 29.2 Å². The van der Waals surface area contributed by atoms with Gasteiger partial charge in [0.2, 0.25) is 5.88 Å². The van der Waals surface area contributed by atoms with Crippen molar-refractivity contribution in [2.45, 2.75) is 49.3 Å². The zero-order valence-corrected chi connectivity index (χ0v) is 19.5. The fourth-order valence-electron chi connectivity index (χ4n) is 6.33. The highest BCUT2D eigenvalue weighted by atomic mass is 19.1. The molecular formula is C28H27FN2O4. The van der Waals surface area contributed by atoms with Gasteiger partial charge in [-0.1, -0.05) is 48.5 Å². The second-order valence-electron chi connectivity index (χ2n) is 9.75. The molecule has 3 aliphatic rings. The number of fused-ring (bicyclic) bond motifs is 5. The number of carbonyl (C=O) groups excluding carboxylic acids is 1. The summed E-state index contributed by atoms with van der Waals surface area (Å²) in [5, 5.41) is 11.5. The van der Waals surface area contributed by atoms with Crippen molar-refractivity contribution in [3.8, 4) is 17.0 Å². The van der Waals surface area contributed by atoms with Crippen LogP contribution in [-0.4, -0.2) is 46.9 Å². The summed E-state index contributed by atoms with van der Waals surface area (Å²) in [6.45, 7) is 0.259. The SMILES string of the molecule is COc1ncc(F)cc1C1(O)CC2CCC(C1)N2C(=O)OCC1c2ccccc2-c2ccccc21. The molecule has 180 valence electrons. The number of piperidine rings is 1. The summed E-state index contributed by atoms with van der Waals surface area (Å²) >= 11 is 0. The minimum absolute atomic E-state index is 0.00615. The van der Waals surface area contributed by atoms with E-state index in [1.807, 2.05) is 24.3 Å². The lowest BCUT2D eigenvalue weighted by molar-refractivity contribution is -0.0547. The maximum absolute atomic E-state index is 14.0. The standard InChI is InChI=1S/C28H27FN2O4/c1-34-26-25(12-17(29)15-30-26)28(33)13-18-10-11-19(14-28)31(18)27(32)35-16-24-22-8-4-2-6-20(22)21-7-3-5-9-23(21)24/h2-9,12,15,18-19,24,33H,10-11,13-14,16H2,1H3. The van der Waals surface area contributed by atoms with Gasteiger partial charge < -0.3 is 19.5 Å². The second-order valence-corrected chi connectivity index (χ2v) is 9.75. The fraction of sp³-hybridized carbons (Fsp3) is 0.357. The number of halogens is 1. The molecule has 2 saturated heterocycles. The maximum Gasteiger partial charge on any atom is 0.410 e. The van der Waals surface area contributed by atoms with Crippen LogP contribution < -0.4 is 4.74 Å². The lowest BCUT2D eigenvalue weighted by atomic mass is 9.81. The molecule has 3 aromatic rings. The predicted octanol–water partition coefficient (Wildman–Crippen LogP) is 4.99. The van der Waals surface area contributed by atoms with Gasteiger partial charge in [0.25, 0.3) is 0 Å². The van der Waals surface area contributed by atoms with Crippen molar-refractivity contribution in [3.05, 3.63) is 83.3 Å². The number of nitrogens with zero attached hydrogens (tertiary/aromatic N) is 2. The first-order valence-corrected chi connectivity index (χ1v) is 12.0. The molecule has 35 heavy (non-hydrogen) atoms. The van der Waals surface area contributed by atoms with Gasteiger partial charge in [0.1, 0.15) is 12.4 Å². The monoisotopic (exact) mass is 474 g/mol. The van der Waals surface area contributed by atoms with E-state index in [9.17, 15) is 14.3 Å². The highest BCUT2D eigenvalue weighted by Crippen LogP contribution is 2.48. The Morgan fingerprint density at radius 3 is 2.29 bits per heavy atom. The molecule has 2 unspecified atom stereocenters. The number of ether oxygens (including phenoxy) is 2. The number of carbonyl (C=O) groups is 1. The summed E-state index contributed by atoms with van der Waals surface area (Å²) in [5.74, 6) is -0.322. The molecule has 0 spiro atoms. The third kappa shape index (κ3) is 3.57. The normalized spacial score (nSPS) is 24.7. The quantitative estimate of drug-likeness (QED) is 0.577. The number of methoxy groups -OCH3 is 1. The number of benzene rings is 2. The molecule has 7 heteroatoms. The number of aliphatic hydroxyl groups is 1. The van der Waals surface area contributed by atoms with Gasteiger partial charge in [0, 0.05) is 36.4 Å². The first kappa shape index (κ1) is 22.0. The highest BCUT2D eigenvalue weighted by molar-refractivity contribution is 5.79. The van der Waals surface area contributed by atoms with E-state index in [0.717, 1.165) is 19.0 Å². The van der Waals surface area contributed by atoms with E-state index in [1.165, 1.54) is 35.4 Å². The minimum Gasteiger partial charge on any atom is -0.481 e. The van der Waals surface area contributed by atoms with Crippen LogP contribution in [0.2, 0.25) is 0 Å². The largest absolute Gasteiger partial charge is 0.481 e. The summed E-state index contributed by atoms with van der Waals surface area (Å²) in [6, 6.07) is 17.4. The molecule has 6 nitrogen and oxygen atoms in total. The maximum atomic E-state index is 14.0. The van der Waals surface area contributed by atoms with Gasteiger partial charge in [-0.2, -0.15) is 0 Å². The number of rotatable bonds is 4. The number of pyridine rings is 1. The first-order chi connectivity index (χ1) is 17.0. The van der Waals surface area contributed by atoms with Gasteiger partial charge in [0.15, 0.2) is 0 Å². The van der Waals surface area contributed by atoms with Crippen molar-refractivity contribution in [1.82, 2.24) is 9.88 Å². The highest BCUT2D eigenvalue weighted by Gasteiger charge is 2.52. The van der Waals surface area contributed by atoms with Crippen LogP contribution in [0.5, 0.6) is 5.88 Å². The molecule has 6 rings (SSSR count). The summed E-state index contributed by atoms with van der Waals surface area (Å²) in [5.41, 5.74) is 3.73. The Balaban J connectivity index is 1.20. The summed E-state index contributed by atoms with van der Waals surface area (Å²) in [7, 11) is 1.45. The number of aromatic nitrogens is 1. The third-order valence-corrected chi connectivity index (χ3v) is 7.83. The third-order valence-electron chi connectivity index (χ3n) is 7.83. The van der Waals surface area contributed by atoms with E-state index in [1.54, 1.807) is 4.90 Å².